The molecular formula is C15H30N2O. The minimum atomic E-state index is -0.0958. The Morgan fingerprint density at radius 1 is 1.33 bits per heavy atom. The predicted octanol–water partition coefficient (Wildman–Crippen LogP) is 2.84. The van der Waals surface area contributed by atoms with Gasteiger partial charge in [0.1, 0.15) is 0 Å². The second-order valence-corrected chi connectivity index (χ2v) is 7.08. The summed E-state index contributed by atoms with van der Waals surface area (Å²) >= 11 is 0. The van der Waals surface area contributed by atoms with E-state index in [-0.39, 0.29) is 22.8 Å². The second-order valence-electron chi connectivity index (χ2n) is 7.08. The molecule has 0 heterocycles. The van der Waals surface area contributed by atoms with Crippen LogP contribution in [0.3, 0.4) is 0 Å². The molecular weight excluding hydrogens is 224 g/mol. The molecule has 1 aliphatic carbocycles. The van der Waals surface area contributed by atoms with E-state index in [1.54, 1.807) is 0 Å². The van der Waals surface area contributed by atoms with Gasteiger partial charge in [-0.2, -0.15) is 0 Å². The second kappa shape index (κ2) is 6.05. The van der Waals surface area contributed by atoms with Gasteiger partial charge in [0.25, 0.3) is 0 Å². The molecule has 1 rings (SSSR count). The van der Waals surface area contributed by atoms with Crippen molar-refractivity contribution in [3.8, 4) is 0 Å². The molecule has 3 nitrogen and oxygen atoms in total. The van der Waals surface area contributed by atoms with Crippen molar-refractivity contribution in [1.82, 2.24) is 5.32 Å². The molecule has 1 amide bonds. The Morgan fingerprint density at radius 3 is 2.33 bits per heavy atom. The van der Waals surface area contributed by atoms with E-state index in [0.717, 1.165) is 25.7 Å². The van der Waals surface area contributed by atoms with Gasteiger partial charge in [0.15, 0.2) is 0 Å². The van der Waals surface area contributed by atoms with E-state index in [1.807, 2.05) is 0 Å². The monoisotopic (exact) mass is 254 g/mol. The molecule has 0 spiro atoms. The van der Waals surface area contributed by atoms with Gasteiger partial charge in [-0.1, -0.05) is 40.5 Å². The lowest BCUT2D eigenvalue weighted by atomic mass is 9.82. The van der Waals surface area contributed by atoms with Crippen LogP contribution in [0.2, 0.25) is 0 Å². The molecule has 1 aliphatic rings. The molecule has 3 N–H and O–H groups in total. The van der Waals surface area contributed by atoms with Gasteiger partial charge in [-0.05, 0) is 31.1 Å². The van der Waals surface area contributed by atoms with Crippen LogP contribution in [0.1, 0.15) is 66.2 Å². The van der Waals surface area contributed by atoms with Gasteiger partial charge in [0.05, 0.1) is 0 Å². The summed E-state index contributed by atoms with van der Waals surface area (Å²) < 4.78 is 0. The molecule has 0 aromatic heterocycles. The summed E-state index contributed by atoms with van der Waals surface area (Å²) in [5, 5.41) is 3.07. The Kier molecular flexibility index (Phi) is 5.20. The highest BCUT2D eigenvalue weighted by Crippen LogP contribution is 2.41. The molecule has 0 bridgehead atoms. The smallest absolute Gasteiger partial charge is 0.226 e. The van der Waals surface area contributed by atoms with E-state index in [0.29, 0.717) is 6.54 Å². The lowest BCUT2D eigenvalue weighted by molar-refractivity contribution is -0.131. The van der Waals surface area contributed by atoms with E-state index in [1.165, 1.54) is 12.8 Å². The molecule has 0 aliphatic heterocycles. The molecule has 3 heteroatoms. The Morgan fingerprint density at radius 2 is 1.89 bits per heavy atom. The first kappa shape index (κ1) is 15.5. The van der Waals surface area contributed by atoms with Gasteiger partial charge in [-0.3, -0.25) is 4.79 Å². The SMILES string of the molecule is CCC1(C(=O)NCC(N)CC(C)(C)C)CCCC1. The first-order valence-corrected chi connectivity index (χ1v) is 7.33. The minimum absolute atomic E-state index is 0.0595. The van der Waals surface area contributed by atoms with Crippen LogP contribution in [-0.4, -0.2) is 18.5 Å². The van der Waals surface area contributed by atoms with Crippen molar-refractivity contribution in [1.29, 1.82) is 0 Å². The average molecular weight is 254 g/mol. The predicted molar refractivity (Wildman–Crippen MR) is 76.2 cm³/mol. The zero-order valence-electron chi connectivity index (χ0n) is 12.5. The first-order valence-electron chi connectivity index (χ1n) is 7.33. The van der Waals surface area contributed by atoms with Crippen LogP contribution in [0.4, 0.5) is 0 Å². The van der Waals surface area contributed by atoms with Gasteiger partial charge in [0.2, 0.25) is 5.91 Å². The third kappa shape index (κ3) is 4.27. The summed E-state index contributed by atoms with van der Waals surface area (Å²) in [6, 6.07) is 0.0595. The van der Waals surface area contributed by atoms with Crippen LogP contribution in [0, 0.1) is 10.8 Å². The molecule has 1 saturated carbocycles. The number of nitrogens with one attached hydrogen (secondary N) is 1. The number of nitrogens with two attached hydrogens (primary N) is 1. The van der Waals surface area contributed by atoms with Gasteiger partial charge in [0, 0.05) is 18.0 Å². The number of carbonyl (C=O) groups excluding carboxylic acids is 1. The van der Waals surface area contributed by atoms with Crippen LogP contribution < -0.4 is 11.1 Å². The van der Waals surface area contributed by atoms with Gasteiger partial charge >= 0.3 is 0 Å². The maximum absolute atomic E-state index is 12.3. The summed E-state index contributed by atoms with van der Waals surface area (Å²) in [5.74, 6) is 0.229. The maximum atomic E-state index is 12.3. The van der Waals surface area contributed by atoms with Crippen molar-refractivity contribution >= 4 is 5.91 Å². The molecule has 0 saturated heterocycles. The van der Waals surface area contributed by atoms with Crippen LogP contribution in [0.25, 0.3) is 0 Å². The molecule has 106 valence electrons. The Balaban J connectivity index is 2.41. The van der Waals surface area contributed by atoms with Gasteiger partial charge < -0.3 is 11.1 Å². The number of carbonyl (C=O) groups is 1. The number of rotatable bonds is 5. The normalized spacial score (nSPS) is 20.7. The Labute approximate surface area is 112 Å². The van der Waals surface area contributed by atoms with Crippen molar-refractivity contribution < 1.29 is 4.79 Å². The van der Waals surface area contributed by atoms with Crippen LogP contribution in [0.15, 0.2) is 0 Å². The number of amides is 1. The van der Waals surface area contributed by atoms with E-state index in [2.05, 4.69) is 33.0 Å². The van der Waals surface area contributed by atoms with Crippen LogP contribution >= 0.6 is 0 Å². The largest absolute Gasteiger partial charge is 0.354 e. The van der Waals surface area contributed by atoms with Gasteiger partial charge in [-0.15, -0.1) is 0 Å². The highest BCUT2D eigenvalue weighted by Gasteiger charge is 2.39. The van der Waals surface area contributed by atoms with Gasteiger partial charge in [-0.25, -0.2) is 0 Å². The zero-order valence-corrected chi connectivity index (χ0v) is 12.5. The van der Waals surface area contributed by atoms with E-state index in [4.69, 9.17) is 5.73 Å². The molecule has 1 fully saturated rings. The minimum Gasteiger partial charge on any atom is -0.354 e. The summed E-state index contributed by atoms with van der Waals surface area (Å²) in [6.45, 7) is 9.27. The fourth-order valence-corrected chi connectivity index (χ4v) is 3.06. The standard InChI is InChI=1S/C15H30N2O/c1-5-15(8-6-7-9-15)13(18)17-11-12(16)10-14(2,3)4/h12H,5-11,16H2,1-4H3,(H,17,18). The lowest BCUT2D eigenvalue weighted by Gasteiger charge is -2.28. The topological polar surface area (TPSA) is 55.1 Å². The van der Waals surface area contributed by atoms with Crippen molar-refractivity contribution in [2.45, 2.75) is 72.3 Å². The molecule has 18 heavy (non-hydrogen) atoms. The average Bonchev–Trinajstić information content (AvgIpc) is 2.73. The molecule has 1 atom stereocenters. The summed E-state index contributed by atoms with van der Waals surface area (Å²) in [4.78, 5) is 12.3. The summed E-state index contributed by atoms with van der Waals surface area (Å²) in [7, 11) is 0. The van der Waals surface area contributed by atoms with Crippen molar-refractivity contribution in [3.63, 3.8) is 0 Å². The fraction of sp³-hybridized carbons (Fsp3) is 0.933. The summed E-state index contributed by atoms with van der Waals surface area (Å²) in [6.07, 6.45) is 6.36. The summed E-state index contributed by atoms with van der Waals surface area (Å²) in [5.41, 5.74) is 6.20. The van der Waals surface area contributed by atoms with E-state index >= 15 is 0 Å². The van der Waals surface area contributed by atoms with Crippen LogP contribution in [0.5, 0.6) is 0 Å². The highest BCUT2D eigenvalue weighted by molar-refractivity contribution is 5.82. The van der Waals surface area contributed by atoms with E-state index in [9.17, 15) is 4.79 Å². The maximum Gasteiger partial charge on any atom is 0.226 e. The van der Waals surface area contributed by atoms with E-state index < -0.39 is 0 Å². The Hall–Kier alpha value is -0.570. The quantitative estimate of drug-likeness (QED) is 0.792. The third-order valence-electron chi connectivity index (χ3n) is 4.12. The zero-order chi connectivity index (χ0) is 13.8. The fourth-order valence-electron chi connectivity index (χ4n) is 3.06. The lowest BCUT2D eigenvalue weighted by Crippen LogP contribution is -2.45. The Bertz CT molecular complexity index is 275. The highest BCUT2D eigenvalue weighted by atomic mass is 16.2. The van der Waals surface area contributed by atoms with Crippen molar-refractivity contribution in [2.75, 3.05) is 6.54 Å². The molecule has 1 unspecified atom stereocenters. The van der Waals surface area contributed by atoms with Crippen molar-refractivity contribution in [2.24, 2.45) is 16.6 Å². The molecule has 0 radical (unpaired) electrons. The number of hydrogen-bond donors (Lipinski definition) is 2. The number of hydrogen-bond acceptors (Lipinski definition) is 2. The molecule has 0 aromatic carbocycles. The first-order chi connectivity index (χ1) is 8.29. The third-order valence-corrected chi connectivity index (χ3v) is 4.12. The molecule has 0 aromatic rings. The van der Waals surface area contributed by atoms with Crippen molar-refractivity contribution in [3.05, 3.63) is 0 Å². The van der Waals surface area contributed by atoms with Crippen LogP contribution in [-0.2, 0) is 4.79 Å².